The fourth-order valence-corrected chi connectivity index (χ4v) is 0.394. The Balaban J connectivity index is 2.19. The molecular formula is C3H5NO5. The van der Waals surface area contributed by atoms with Crippen molar-refractivity contribution in [1.82, 2.24) is 5.64 Å². The van der Waals surface area contributed by atoms with Crippen LogP contribution in [0.1, 0.15) is 0 Å². The van der Waals surface area contributed by atoms with E-state index >= 15 is 0 Å². The van der Waals surface area contributed by atoms with Gasteiger partial charge in [-0.25, -0.2) is 9.63 Å². The van der Waals surface area contributed by atoms with Gasteiger partial charge in [-0.05, 0) is 0 Å². The summed E-state index contributed by atoms with van der Waals surface area (Å²) < 4.78 is 4.12. The van der Waals surface area contributed by atoms with E-state index in [1.165, 1.54) is 0 Å². The van der Waals surface area contributed by atoms with Crippen molar-refractivity contribution in [2.45, 2.75) is 6.29 Å². The Bertz CT molecular complexity index is 109. The van der Waals surface area contributed by atoms with Gasteiger partial charge < -0.3 is 9.84 Å². The minimum absolute atomic E-state index is 0.0757. The van der Waals surface area contributed by atoms with Gasteiger partial charge in [0.15, 0.2) is 0 Å². The predicted molar refractivity (Wildman–Crippen MR) is 23.1 cm³/mol. The van der Waals surface area contributed by atoms with Crippen LogP contribution in [0.2, 0.25) is 0 Å². The maximum absolute atomic E-state index is 9.77. The SMILES string of the molecule is O=C(O)OC1CONO1. The summed E-state index contributed by atoms with van der Waals surface area (Å²) in [6.07, 6.45) is -2.23. The molecule has 6 nitrogen and oxygen atoms in total. The van der Waals surface area contributed by atoms with Crippen LogP contribution in [-0.4, -0.2) is 24.2 Å². The van der Waals surface area contributed by atoms with Crippen molar-refractivity contribution in [3.63, 3.8) is 0 Å². The number of ether oxygens (including phenoxy) is 1. The van der Waals surface area contributed by atoms with Gasteiger partial charge in [0.25, 0.3) is 6.29 Å². The fraction of sp³-hybridized carbons (Fsp3) is 0.667. The Kier molecular flexibility index (Phi) is 1.83. The molecule has 0 aromatic heterocycles. The van der Waals surface area contributed by atoms with Gasteiger partial charge in [-0.2, -0.15) is 0 Å². The van der Waals surface area contributed by atoms with Crippen LogP contribution in [0, 0.1) is 0 Å². The average Bonchev–Trinajstić information content (AvgIpc) is 2.15. The molecule has 1 unspecified atom stereocenters. The van der Waals surface area contributed by atoms with Crippen LogP contribution in [0.4, 0.5) is 4.79 Å². The number of hydrogen-bond donors (Lipinski definition) is 2. The van der Waals surface area contributed by atoms with E-state index in [4.69, 9.17) is 5.11 Å². The highest BCUT2D eigenvalue weighted by atomic mass is 17.0. The van der Waals surface area contributed by atoms with Crippen molar-refractivity contribution in [2.24, 2.45) is 0 Å². The third kappa shape index (κ3) is 1.84. The summed E-state index contributed by atoms with van der Waals surface area (Å²) in [5.41, 5.74) is 1.99. The van der Waals surface area contributed by atoms with Crippen molar-refractivity contribution in [3.8, 4) is 0 Å². The van der Waals surface area contributed by atoms with E-state index in [1.807, 2.05) is 5.64 Å². The molecule has 0 aromatic carbocycles. The van der Waals surface area contributed by atoms with Crippen molar-refractivity contribution < 1.29 is 24.3 Å². The molecule has 0 saturated carbocycles. The van der Waals surface area contributed by atoms with Crippen LogP contribution in [0.5, 0.6) is 0 Å². The molecule has 52 valence electrons. The van der Waals surface area contributed by atoms with E-state index in [2.05, 4.69) is 14.4 Å². The summed E-state index contributed by atoms with van der Waals surface area (Å²) in [6.45, 7) is 0.0757. The van der Waals surface area contributed by atoms with Gasteiger partial charge >= 0.3 is 6.16 Å². The first kappa shape index (κ1) is 6.27. The molecular weight excluding hydrogens is 130 g/mol. The number of carboxylic acid groups (broad SMARTS) is 1. The highest BCUT2D eigenvalue weighted by Gasteiger charge is 2.20. The highest BCUT2D eigenvalue weighted by molar-refractivity contribution is 5.56. The number of rotatable bonds is 1. The Morgan fingerprint density at radius 3 is 3.11 bits per heavy atom. The van der Waals surface area contributed by atoms with Gasteiger partial charge in [-0.15, -0.1) is 0 Å². The normalized spacial score (nSPS) is 26.0. The zero-order valence-electron chi connectivity index (χ0n) is 4.36. The summed E-state index contributed by atoms with van der Waals surface area (Å²) in [7, 11) is 0. The first-order valence-corrected chi connectivity index (χ1v) is 2.21. The standard InChI is InChI=1S/C3H5NO5/c5-3(6)8-2-1-7-4-9-2/h2,4H,1H2,(H,5,6). The Labute approximate surface area is 50.2 Å². The van der Waals surface area contributed by atoms with Crippen molar-refractivity contribution in [1.29, 1.82) is 0 Å². The third-order valence-electron chi connectivity index (χ3n) is 0.690. The summed E-state index contributed by atoms with van der Waals surface area (Å²) in [6, 6.07) is 0. The van der Waals surface area contributed by atoms with Gasteiger partial charge in [-0.3, -0.25) is 4.84 Å². The zero-order chi connectivity index (χ0) is 6.69. The van der Waals surface area contributed by atoms with Crippen LogP contribution >= 0.6 is 0 Å². The smallest absolute Gasteiger partial charge is 0.450 e. The zero-order valence-corrected chi connectivity index (χ0v) is 4.36. The topological polar surface area (TPSA) is 77.0 Å². The molecule has 1 fully saturated rings. The molecule has 0 amide bonds. The monoisotopic (exact) mass is 135 g/mol. The summed E-state index contributed by atoms with van der Waals surface area (Å²) >= 11 is 0. The molecule has 0 radical (unpaired) electrons. The lowest BCUT2D eigenvalue weighted by Crippen LogP contribution is -2.19. The fourth-order valence-electron chi connectivity index (χ4n) is 0.394. The van der Waals surface area contributed by atoms with Crippen LogP contribution < -0.4 is 5.64 Å². The van der Waals surface area contributed by atoms with Gasteiger partial charge in [0.2, 0.25) is 0 Å². The van der Waals surface area contributed by atoms with E-state index in [9.17, 15) is 4.79 Å². The quantitative estimate of drug-likeness (QED) is 0.471. The first-order valence-electron chi connectivity index (χ1n) is 2.21. The number of nitrogens with one attached hydrogen (secondary N) is 1. The molecule has 1 aliphatic rings. The number of hydrogen-bond acceptors (Lipinski definition) is 5. The first-order chi connectivity index (χ1) is 4.29. The van der Waals surface area contributed by atoms with E-state index < -0.39 is 12.4 Å². The van der Waals surface area contributed by atoms with E-state index in [0.29, 0.717) is 0 Å². The summed E-state index contributed by atoms with van der Waals surface area (Å²) in [5.74, 6) is 0. The van der Waals surface area contributed by atoms with Crippen molar-refractivity contribution >= 4 is 6.16 Å². The predicted octanol–water partition coefficient (Wildman–Crippen LogP) is -0.527. The molecule has 2 N–H and O–H groups in total. The van der Waals surface area contributed by atoms with Gasteiger partial charge in [0.1, 0.15) is 6.61 Å². The van der Waals surface area contributed by atoms with Crippen molar-refractivity contribution in [2.75, 3.05) is 6.61 Å². The van der Waals surface area contributed by atoms with Crippen LogP contribution in [-0.2, 0) is 14.4 Å². The molecule has 1 saturated heterocycles. The minimum atomic E-state index is -1.38. The van der Waals surface area contributed by atoms with Gasteiger partial charge in [0.05, 0.1) is 0 Å². The molecule has 0 spiro atoms. The van der Waals surface area contributed by atoms with Gasteiger partial charge in [0, 0.05) is 0 Å². The molecule has 1 aliphatic heterocycles. The Hall–Kier alpha value is -0.850. The second-order valence-electron chi connectivity index (χ2n) is 1.33. The van der Waals surface area contributed by atoms with E-state index in [1.54, 1.807) is 0 Å². The lowest BCUT2D eigenvalue weighted by molar-refractivity contribution is -0.142. The molecule has 1 heterocycles. The third-order valence-corrected chi connectivity index (χ3v) is 0.690. The lowest BCUT2D eigenvalue weighted by atomic mass is 10.7. The van der Waals surface area contributed by atoms with Crippen LogP contribution in [0.3, 0.4) is 0 Å². The Morgan fingerprint density at radius 2 is 2.67 bits per heavy atom. The van der Waals surface area contributed by atoms with Crippen LogP contribution in [0.25, 0.3) is 0 Å². The average molecular weight is 135 g/mol. The lowest BCUT2D eigenvalue weighted by Gasteiger charge is -2.01. The molecule has 9 heavy (non-hydrogen) atoms. The van der Waals surface area contributed by atoms with Crippen LogP contribution in [0.15, 0.2) is 0 Å². The molecule has 1 rings (SSSR count). The Morgan fingerprint density at radius 1 is 1.89 bits per heavy atom. The van der Waals surface area contributed by atoms with Crippen molar-refractivity contribution in [3.05, 3.63) is 0 Å². The highest BCUT2D eigenvalue weighted by Crippen LogP contribution is 1.99. The molecule has 0 bridgehead atoms. The molecule has 6 heteroatoms. The second kappa shape index (κ2) is 2.62. The van der Waals surface area contributed by atoms with E-state index in [-0.39, 0.29) is 6.61 Å². The summed E-state index contributed by atoms with van der Waals surface area (Å²) in [5, 5.41) is 7.99. The van der Waals surface area contributed by atoms with Gasteiger partial charge in [-0.1, -0.05) is 5.64 Å². The largest absolute Gasteiger partial charge is 0.508 e. The number of carbonyl (C=O) groups is 1. The maximum atomic E-state index is 9.77. The summed E-state index contributed by atoms with van der Waals surface area (Å²) in [4.78, 5) is 18.6. The molecule has 1 atom stereocenters. The molecule has 0 aromatic rings. The van der Waals surface area contributed by atoms with E-state index in [0.717, 1.165) is 0 Å². The maximum Gasteiger partial charge on any atom is 0.508 e. The minimum Gasteiger partial charge on any atom is -0.450 e. The second-order valence-corrected chi connectivity index (χ2v) is 1.33. The molecule has 0 aliphatic carbocycles.